The molecule has 1 aromatic heterocycles. The highest BCUT2D eigenvalue weighted by molar-refractivity contribution is 7.15. The van der Waals surface area contributed by atoms with Crippen LogP contribution in [0.2, 0.25) is 0 Å². The SMILES string of the molecule is CN1CCc2nc(N/C=C(/C#N)C(=O)NCCC(=O)O)sc2C1. The summed E-state index contributed by atoms with van der Waals surface area (Å²) in [5.74, 6) is -1.62. The van der Waals surface area contributed by atoms with Gasteiger partial charge in [-0.3, -0.25) is 9.59 Å². The molecule has 2 heterocycles. The molecular weight excluding hydrogens is 318 g/mol. The number of carboxylic acids is 1. The smallest absolute Gasteiger partial charge is 0.305 e. The Morgan fingerprint density at radius 2 is 2.35 bits per heavy atom. The van der Waals surface area contributed by atoms with E-state index in [0.29, 0.717) is 5.13 Å². The molecule has 23 heavy (non-hydrogen) atoms. The van der Waals surface area contributed by atoms with E-state index in [1.807, 2.05) is 7.05 Å². The number of fused-ring (bicyclic) bond motifs is 1. The average molecular weight is 335 g/mol. The van der Waals surface area contributed by atoms with Gasteiger partial charge in [-0.05, 0) is 7.05 Å². The lowest BCUT2D eigenvalue weighted by molar-refractivity contribution is -0.136. The third-order valence-electron chi connectivity index (χ3n) is 3.25. The summed E-state index contributed by atoms with van der Waals surface area (Å²) in [6.07, 6.45) is 1.99. The lowest BCUT2D eigenvalue weighted by Gasteiger charge is -2.20. The van der Waals surface area contributed by atoms with Crippen molar-refractivity contribution >= 4 is 28.3 Å². The first-order valence-corrected chi connectivity index (χ1v) is 7.85. The van der Waals surface area contributed by atoms with Gasteiger partial charge >= 0.3 is 5.97 Å². The van der Waals surface area contributed by atoms with Crippen LogP contribution in [-0.2, 0) is 22.6 Å². The standard InChI is InChI=1S/C14H17N5O3S/c1-19-5-3-10-11(8-19)23-14(18-10)17-7-9(6-15)13(22)16-4-2-12(20)21/h7H,2-5,8H2,1H3,(H,16,22)(H,17,18)(H,20,21)/b9-7-. The Labute approximate surface area is 137 Å². The number of hydrogen-bond donors (Lipinski definition) is 3. The lowest BCUT2D eigenvalue weighted by Crippen LogP contribution is -2.27. The second kappa shape index (κ2) is 7.71. The highest BCUT2D eigenvalue weighted by Gasteiger charge is 2.18. The van der Waals surface area contributed by atoms with Crippen molar-refractivity contribution in [2.75, 3.05) is 25.5 Å². The van der Waals surface area contributed by atoms with Crippen LogP contribution in [0.15, 0.2) is 11.8 Å². The van der Waals surface area contributed by atoms with Crippen molar-refractivity contribution in [3.8, 4) is 6.07 Å². The number of hydrogen-bond acceptors (Lipinski definition) is 7. The quantitative estimate of drug-likeness (QED) is 0.513. The molecule has 0 aliphatic carbocycles. The molecule has 0 saturated carbocycles. The molecule has 0 saturated heterocycles. The molecule has 2 rings (SSSR count). The molecular formula is C14H17N5O3S. The van der Waals surface area contributed by atoms with Gasteiger partial charge in [0, 0.05) is 37.1 Å². The highest BCUT2D eigenvalue weighted by atomic mass is 32.1. The van der Waals surface area contributed by atoms with Crippen molar-refractivity contribution < 1.29 is 14.7 Å². The van der Waals surface area contributed by atoms with Crippen LogP contribution in [0.4, 0.5) is 5.13 Å². The molecule has 9 heteroatoms. The van der Waals surface area contributed by atoms with Gasteiger partial charge in [0.2, 0.25) is 0 Å². The Balaban J connectivity index is 1.96. The van der Waals surface area contributed by atoms with Gasteiger partial charge in [0.25, 0.3) is 5.91 Å². The number of nitriles is 1. The molecule has 1 aromatic rings. The zero-order valence-electron chi connectivity index (χ0n) is 12.6. The molecule has 0 spiro atoms. The topological polar surface area (TPSA) is 118 Å². The van der Waals surface area contributed by atoms with E-state index in [0.717, 1.165) is 25.2 Å². The first-order chi connectivity index (χ1) is 11.0. The Morgan fingerprint density at radius 3 is 3.04 bits per heavy atom. The molecule has 0 unspecified atom stereocenters. The second-order valence-electron chi connectivity index (χ2n) is 5.09. The highest BCUT2D eigenvalue weighted by Crippen LogP contribution is 2.27. The van der Waals surface area contributed by atoms with Gasteiger partial charge in [-0.2, -0.15) is 5.26 Å². The minimum Gasteiger partial charge on any atom is -0.481 e. The molecule has 0 atom stereocenters. The van der Waals surface area contributed by atoms with E-state index in [9.17, 15) is 9.59 Å². The zero-order valence-corrected chi connectivity index (χ0v) is 13.4. The number of anilines is 1. The molecule has 1 amide bonds. The summed E-state index contributed by atoms with van der Waals surface area (Å²) in [6, 6.07) is 1.79. The number of aromatic nitrogens is 1. The predicted octanol–water partition coefficient (Wildman–Crippen LogP) is 0.541. The van der Waals surface area contributed by atoms with Gasteiger partial charge in [0.1, 0.15) is 11.6 Å². The summed E-state index contributed by atoms with van der Waals surface area (Å²) < 4.78 is 0. The van der Waals surface area contributed by atoms with Crippen molar-refractivity contribution in [1.29, 1.82) is 5.26 Å². The van der Waals surface area contributed by atoms with Crippen LogP contribution in [-0.4, -0.2) is 47.0 Å². The van der Waals surface area contributed by atoms with E-state index in [4.69, 9.17) is 10.4 Å². The first-order valence-electron chi connectivity index (χ1n) is 7.03. The van der Waals surface area contributed by atoms with Crippen molar-refractivity contribution in [2.45, 2.75) is 19.4 Å². The monoisotopic (exact) mass is 335 g/mol. The summed E-state index contributed by atoms with van der Waals surface area (Å²) in [6.45, 7) is 1.78. The number of aliphatic carboxylic acids is 1. The summed E-state index contributed by atoms with van der Waals surface area (Å²) in [5, 5.41) is 23.4. The van der Waals surface area contributed by atoms with E-state index in [-0.39, 0.29) is 18.5 Å². The zero-order chi connectivity index (χ0) is 16.8. The summed E-state index contributed by atoms with van der Waals surface area (Å²) in [4.78, 5) is 30.0. The fourth-order valence-corrected chi connectivity index (χ4v) is 3.10. The van der Waals surface area contributed by atoms with Crippen LogP contribution in [0.1, 0.15) is 17.0 Å². The van der Waals surface area contributed by atoms with E-state index in [2.05, 4.69) is 20.5 Å². The van der Waals surface area contributed by atoms with E-state index in [1.54, 1.807) is 6.07 Å². The molecule has 122 valence electrons. The van der Waals surface area contributed by atoms with E-state index >= 15 is 0 Å². The van der Waals surface area contributed by atoms with Gasteiger partial charge in [0.15, 0.2) is 5.13 Å². The third-order valence-corrected chi connectivity index (χ3v) is 4.27. The van der Waals surface area contributed by atoms with Gasteiger partial charge in [-0.25, -0.2) is 4.98 Å². The fourth-order valence-electron chi connectivity index (χ4n) is 2.05. The van der Waals surface area contributed by atoms with Crippen molar-refractivity contribution in [2.24, 2.45) is 0 Å². The van der Waals surface area contributed by atoms with E-state index in [1.165, 1.54) is 22.4 Å². The lowest BCUT2D eigenvalue weighted by atomic mass is 10.2. The van der Waals surface area contributed by atoms with Crippen LogP contribution < -0.4 is 10.6 Å². The average Bonchev–Trinajstić information content (AvgIpc) is 2.89. The molecule has 0 fully saturated rings. The van der Waals surface area contributed by atoms with Crippen LogP contribution in [0, 0.1) is 11.3 Å². The molecule has 8 nitrogen and oxygen atoms in total. The molecule has 3 N–H and O–H groups in total. The van der Waals surface area contributed by atoms with Crippen LogP contribution in [0.5, 0.6) is 0 Å². The Kier molecular flexibility index (Phi) is 5.67. The Bertz CT molecular complexity index is 676. The number of thiazole rings is 1. The molecule has 0 aromatic carbocycles. The van der Waals surface area contributed by atoms with Gasteiger partial charge in [-0.1, -0.05) is 0 Å². The number of amides is 1. The van der Waals surface area contributed by atoms with Crippen molar-refractivity contribution in [1.82, 2.24) is 15.2 Å². The Hall–Kier alpha value is -2.44. The molecule has 1 aliphatic rings. The van der Waals surface area contributed by atoms with Gasteiger partial charge in [-0.15, -0.1) is 11.3 Å². The maximum Gasteiger partial charge on any atom is 0.305 e. The second-order valence-corrected chi connectivity index (χ2v) is 6.17. The maximum absolute atomic E-state index is 11.8. The molecule has 1 aliphatic heterocycles. The number of rotatable bonds is 6. The largest absolute Gasteiger partial charge is 0.481 e. The van der Waals surface area contributed by atoms with E-state index < -0.39 is 11.9 Å². The number of nitrogens with one attached hydrogen (secondary N) is 2. The van der Waals surface area contributed by atoms with Gasteiger partial charge in [0.05, 0.1) is 12.1 Å². The summed E-state index contributed by atoms with van der Waals surface area (Å²) >= 11 is 1.50. The van der Waals surface area contributed by atoms with Crippen molar-refractivity contribution in [3.63, 3.8) is 0 Å². The summed E-state index contributed by atoms with van der Waals surface area (Å²) in [7, 11) is 2.05. The molecule has 0 bridgehead atoms. The maximum atomic E-state index is 11.8. The van der Waals surface area contributed by atoms with Crippen LogP contribution in [0.25, 0.3) is 0 Å². The number of nitrogens with zero attached hydrogens (tertiary/aromatic N) is 3. The number of carbonyl (C=O) groups excluding carboxylic acids is 1. The minimum absolute atomic E-state index is 0.0227. The summed E-state index contributed by atoms with van der Waals surface area (Å²) in [5.41, 5.74) is 0.925. The molecule has 0 radical (unpaired) electrons. The number of likely N-dealkylation sites (N-methyl/N-ethyl adjacent to an activating group) is 1. The minimum atomic E-state index is -1.01. The van der Waals surface area contributed by atoms with Crippen LogP contribution >= 0.6 is 11.3 Å². The van der Waals surface area contributed by atoms with Crippen molar-refractivity contribution in [3.05, 3.63) is 22.3 Å². The number of carboxylic acid groups (broad SMARTS) is 1. The third kappa shape index (κ3) is 4.77. The van der Waals surface area contributed by atoms with Gasteiger partial charge < -0.3 is 20.6 Å². The van der Waals surface area contributed by atoms with Crippen LogP contribution in [0.3, 0.4) is 0 Å². The fraction of sp³-hybridized carbons (Fsp3) is 0.429. The normalized spacial score (nSPS) is 14.7. The predicted molar refractivity (Wildman–Crippen MR) is 84.7 cm³/mol. The first kappa shape index (κ1) is 16.9. The Morgan fingerprint density at radius 1 is 1.57 bits per heavy atom. The number of carbonyl (C=O) groups is 2.